The zero-order valence-electron chi connectivity index (χ0n) is 8.24. The summed E-state index contributed by atoms with van der Waals surface area (Å²) in [7, 11) is 1.55. The van der Waals surface area contributed by atoms with E-state index >= 15 is 0 Å². The van der Waals surface area contributed by atoms with Gasteiger partial charge in [-0.05, 0) is 30.0 Å². The van der Waals surface area contributed by atoms with Gasteiger partial charge in [0.2, 0.25) is 0 Å². The number of hydrogen-bond donors (Lipinski definition) is 1. The number of methoxy groups -OCH3 is 1. The minimum atomic E-state index is -0.730. The van der Waals surface area contributed by atoms with E-state index < -0.39 is 5.97 Å². The Balaban J connectivity index is 2.18. The summed E-state index contributed by atoms with van der Waals surface area (Å²) in [6.45, 7) is 0. The predicted octanol–water partition coefficient (Wildman–Crippen LogP) is 2.54. The van der Waals surface area contributed by atoms with Gasteiger partial charge in [0.25, 0.3) is 0 Å². The monoisotopic (exact) mass is 226 g/mol. The van der Waals surface area contributed by atoms with Crippen LogP contribution >= 0.6 is 11.6 Å². The lowest BCUT2D eigenvalue weighted by Gasteiger charge is -2.04. The largest absolute Gasteiger partial charge is 0.495 e. The quantitative estimate of drug-likeness (QED) is 0.862. The molecule has 0 bridgehead atoms. The lowest BCUT2D eigenvalue weighted by Crippen LogP contribution is -1.98. The topological polar surface area (TPSA) is 46.5 Å². The fourth-order valence-corrected chi connectivity index (χ4v) is 2.02. The van der Waals surface area contributed by atoms with Crippen LogP contribution < -0.4 is 4.74 Å². The number of carboxylic acids is 1. The van der Waals surface area contributed by atoms with Crippen LogP contribution in [0.1, 0.15) is 17.9 Å². The van der Waals surface area contributed by atoms with Crippen molar-refractivity contribution in [2.24, 2.45) is 5.92 Å². The van der Waals surface area contributed by atoms with Crippen molar-refractivity contribution in [1.29, 1.82) is 0 Å². The van der Waals surface area contributed by atoms with Crippen LogP contribution in [-0.4, -0.2) is 18.2 Å². The number of ether oxygens (including phenoxy) is 1. The number of halogens is 1. The van der Waals surface area contributed by atoms with Crippen LogP contribution in [-0.2, 0) is 4.79 Å². The van der Waals surface area contributed by atoms with E-state index in [4.69, 9.17) is 21.4 Å². The van der Waals surface area contributed by atoms with Crippen LogP contribution in [0.15, 0.2) is 18.2 Å². The van der Waals surface area contributed by atoms with Gasteiger partial charge in [-0.25, -0.2) is 0 Å². The molecule has 3 nitrogen and oxygen atoms in total. The summed E-state index contributed by atoms with van der Waals surface area (Å²) in [4.78, 5) is 10.7. The third-order valence-corrected chi connectivity index (χ3v) is 3.01. The Morgan fingerprint density at radius 3 is 2.80 bits per heavy atom. The normalized spacial score (nSPS) is 23.6. The van der Waals surface area contributed by atoms with E-state index in [9.17, 15) is 4.79 Å². The van der Waals surface area contributed by atoms with Crippen molar-refractivity contribution in [3.8, 4) is 5.75 Å². The van der Waals surface area contributed by atoms with Gasteiger partial charge in [0, 0.05) is 0 Å². The Bertz CT molecular complexity index is 403. The lowest BCUT2D eigenvalue weighted by atomic mass is 10.1. The fourth-order valence-electron chi connectivity index (χ4n) is 1.75. The van der Waals surface area contributed by atoms with Gasteiger partial charge in [0.15, 0.2) is 0 Å². The smallest absolute Gasteiger partial charge is 0.307 e. The summed E-state index contributed by atoms with van der Waals surface area (Å²) in [5.41, 5.74) is 0.980. The van der Waals surface area contributed by atoms with Gasteiger partial charge in [-0.3, -0.25) is 4.79 Å². The van der Waals surface area contributed by atoms with Crippen molar-refractivity contribution in [2.45, 2.75) is 12.3 Å². The molecule has 2 rings (SSSR count). The molecule has 1 aromatic rings. The highest BCUT2D eigenvalue weighted by Crippen LogP contribution is 2.48. The minimum absolute atomic E-state index is 0.117. The van der Waals surface area contributed by atoms with Crippen LogP contribution in [0.2, 0.25) is 5.02 Å². The van der Waals surface area contributed by atoms with Gasteiger partial charge in [0.05, 0.1) is 18.1 Å². The van der Waals surface area contributed by atoms with Gasteiger partial charge in [-0.15, -0.1) is 0 Å². The summed E-state index contributed by atoms with van der Waals surface area (Å²) >= 11 is 5.96. The maximum Gasteiger partial charge on any atom is 0.307 e. The van der Waals surface area contributed by atoms with Gasteiger partial charge < -0.3 is 9.84 Å². The van der Waals surface area contributed by atoms with Crippen molar-refractivity contribution >= 4 is 17.6 Å². The number of aliphatic carboxylic acids is 1. The molecule has 0 unspecified atom stereocenters. The standard InChI is InChI=1S/C11H11ClO3/c1-15-10-3-2-6(4-9(10)12)7-5-8(7)11(13)14/h2-4,7-8H,5H2,1H3,(H,13,14)/t7-,8+/m0/s1. The number of carbonyl (C=O) groups is 1. The minimum Gasteiger partial charge on any atom is -0.495 e. The van der Waals surface area contributed by atoms with Crippen LogP contribution in [0.5, 0.6) is 5.75 Å². The second-order valence-corrected chi connectivity index (χ2v) is 4.09. The van der Waals surface area contributed by atoms with Crippen molar-refractivity contribution in [3.05, 3.63) is 28.8 Å². The van der Waals surface area contributed by atoms with E-state index in [1.807, 2.05) is 6.07 Å². The van der Waals surface area contributed by atoms with Crippen molar-refractivity contribution in [3.63, 3.8) is 0 Å². The Morgan fingerprint density at radius 2 is 2.33 bits per heavy atom. The molecule has 1 saturated carbocycles. The molecule has 15 heavy (non-hydrogen) atoms. The van der Waals surface area contributed by atoms with E-state index in [0.29, 0.717) is 17.2 Å². The Kier molecular flexibility index (Phi) is 2.57. The molecule has 4 heteroatoms. The number of carboxylic acid groups (broad SMARTS) is 1. The molecule has 1 aromatic carbocycles. The van der Waals surface area contributed by atoms with Gasteiger partial charge >= 0.3 is 5.97 Å². The molecule has 1 aliphatic rings. The van der Waals surface area contributed by atoms with Crippen molar-refractivity contribution in [1.82, 2.24) is 0 Å². The van der Waals surface area contributed by atoms with Crippen molar-refractivity contribution in [2.75, 3.05) is 7.11 Å². The van der Waals surface area contributed by atoms with Gasteiger partial charge in [0.1, 0.15) is 5.75 Å². The molecular weight excluding hydrogens is 216 g/mol. The van der Waals surface area contributed by atoms with E-state index in [2.05, 4.69) is 0 Å². The first-order valence-corrected chi connectivity index (χ1v) is 5.07. The summed E-state index contributed by atoms with van der Waals surface area (Å²) in [6.07, 6.45) is 0.706. The van der Waals surface area contributed by atoms with E-state index in [0.717, 1.165) is 5.56 Å². The summed E-state index contributed by atoms with van der Waals surface area (Å²) in [6, 6.07) is 5.43. The second kappa shape index (κ2) is 3.74. The van der Waals surface area contributed by atoms with Gasteiger partial charge in [-0.2, -0.15) is 0 Å². The fraction of sp³-hybridized carbons (Fsp3) is 0.364. The molecule has 0 amide bonds. The highest BCUT2D eigenvalue weighted by atomic mass is 35.5. The van der Waals surface area contributed by atoms with Crippen LogP contribution in [0.25, 0.3) is 0 Å². The first-order valence-electron chi connectivity index (χ1n) is 4.69. The Morgan fingerprint density at radius 1 is 1.60 bits per heavy atom. The number of rotatable bonds is 3. The third-order valence-electron chi connectivity index (χ3n) is 2.71. The van der Waals surface area contributed by atoms with Crippen LogP contribution in [0.3, 0.4) is 0 Å². The molecule has 0 spiro atoms. The van der Waals surface area contributed by atoms with E-state index in [1.54, 1.807) is 19.2 Å². The maximum absolute atomic E-state index is 10.7. The summed E-state index contributed by atoms with van der Waals surface area (Å²) in [5.74, 6) is -0.236. The maximum atomic E-state index is 10.7. The molecule has 2 atom stereocenters. The first-order chi connectivity index (χ1) is 7.13. The summed E-state index contributed by atoms with van der Waals surface area (Å²) < 4.78 is 5.03. The third kappa shape index (κ3) is 1.92. The zero-order chi connectivity index (χ0) is 11.0. The average Bonchev–Trinajstić information content (AvgIpc) is 2.97. The average molecular weight is 227 g/mol. The molecule has 0 saturated heterocycles. The zero-order valence-corrected chi connectivity index (χ0v) is 8.99. The molecule has 0 aromatic heterocycles. The Labute approximate surface area is 92.6 Å². The number of benzene rings is 1. The Hall–Kier alpha value is -1.22. The lowest BCUT2D eigenvalue weighted by molar-refractivity contribution is -0.138. The van der Waals surface area contributed by atoms with E-state index in [1.165, 1.54) is 0 Å². The molecule has 1 fully saturated rings. The SMILES string of the molecule is COc1ccc([C@@H]2C[C@H]2C(=O)O)cc1Cl. The predicted molar refractivity (Wildman–Crippen MR) is 56.5 cm³/mol. The first kappa shape index (κ1) is 10.3. The molecule has 0 heterocycles. The highest BCUT2D eigenvalue weighted by molar-refractivity contribution is 6.32. The molecule has 0 radical (unpaired) electrons. The second-order valence-electron chi connectivity index (χ2n) is 3.68. The molecule has 80 valence electrons. The molecular formula is C11H11ClO3. The molecule has 1 N–H and O–H groups in total. The number of hydrogen-bond acceptors (Lipinski definition) is 2. The van der Waals surface area contributed by atoms with E-state index in [-0.39, 0.29) is 11.8 Å². The summed E-state index contributed by atoms with van der Waals surface area (Å²) in [5, 5.41) is 9.33. The van der Waals surface area contributed by atoms with Crippen molar-refractivity contribution < 1.29 is 14.6 Å². The van der Waals surface area contributed by atoms with Gasteiger partial charge in [-0.1, -0.05) is 17.7 Å². The van der Waals surface area contributed by atoms with Crippen LogP contribution in [0, 0.1) is 5.92 Å². The highest BCUT2D eigenvalue weighted by Gasteiger charge is 2.44. The van der Waals surface area contributed by atoms with Crippen LogP contribution in [0.4, 0.5) is 0 Å². The molecule has 0 aliphatic heterocycles. The molecule has 1 aliphatic carbocycles.